The van der Waals surface area contributed by atoms with Crippen molar-refractivity contribution in [2.75, 3.05) is 0 Å². The van der Waals surface area contributed by atoms with Gasteiger partial charge in [0, 0.05) is 40.9 Å². The third kappa shape index (κ3) is 19.1. The van der Waals surface area contributed by atoms with Crippen molar-refractivity contribution in [2.45, 2.75) is 64.7 Å². The molecule has 0 aliphatic rings. The normalized spacial score (nSPS) is 13.5. The van der Waals surface area contributed by atoms with E-state index in [1.807, 2.05) is 24.5 Å². The molecule has 2 aromatic carbocycles. The predicted octanol–water partition coefficient (Wildman–Crippen LogP) is 13.3. The van der Waals surface area contributed by atoms with Gasteiger partial charge in [0.1, 0.15) is 0 Å². The van der Waals surface area contributed by atoms with Crippen LogP contribution < -0.4 is 0 Å². The second-order valence-electron chi connectivity index (χ2n) is 12.2. The molecular formula is C35H42F12N5NiO3P2+. The van der Waals surface area contributed by atoms with Crippen molar-refractivity contribution in [3.63, 3.8) is 0 Å². The molecule has 4 heterocycles. The number of aromatic nitrogens is 4. The smallest absolute Gasteiger partial charge is 0.457 e. The number of pyridine rings is 4. The summed E-state index contributed by atoms with van der Waals surface area (Å²) in [6, 6.07) is 27.4. The van der Waals surface area contributed by atoms with Gasteiger partial charge in [-0.1, -0.05) is 88.1 Å². The second-order valence-corrected chi connectivity index (χ2v) is 16.1. The first kappa shape index (κ1) is 56.1. The topological polar surface area (TPSA) is 171 Å². The van der Waals surface area contributed by atoms with Gasteiger partial charge in [-0.2, -0.15) is 5.26 Å². The Kier molecular flexibility index (Phi) is 18.3. The standard InChI is InChI=1S/C33H32N4.C2H3N.2F6P.Ni.3H2O/c1-3-5-19-33(20-6-4-2,27-17-15-25-13-11-23-9-7-21-34-29(23)31(25)36-27)28-18-16-26-14-12-24-10-8-22-35-30(24)32(26)37-28;1-2-3;2*1-7(2,3,4,5)6;;;;/h7-18,21-22H,3-6,19-20H2,1-2H3;1H3;;;;3*1H2/q;;2*-1;+2;;;/p+1. The van der Waals surface area contributed by atoms with Gasteiger partial charge < -0.3 is 16.4 Å². The molecule has 0 saturated carbocycles. The largest absolute Gasteiger partial charge is 2.00 e. The van der Waals surface area contributed by atoms with Crippen molar-refractivity contribution in [2.24, 2.45) is 0 Å². The molecule has 0 spiro atoms. The third-order valence-corrected chi connectivity index (χ3v) is 7.76. The number of hydrogen-bond donors (Lipinski definition) is 0. The molecule has 0 atom stereocenters. The maximum Gasteiger partial charge on any atom is 2.00 e. The molecule has 6 aromatic rings. The second kappa shape index (κ2) is 18.9. The molecule has 6 rings (SSSR count). The molecule has 0 fully saturated rings. The fourth-order valence-electron chi connectivity index (χ4n) is 5.71. The molecule has 4 aromatic heterocycles. The SMILES string of the molecule is CC#N.CCCCC(CCCC)(c1ccc2ccc3cccnc3c2n1)c1ccc2ccc3cccnc3c2n1.F[P-](F)(F)(F)(F)F.F[P-](F)(F)(F)(F)F.O.O.[Ni+2].[OH3+]. The van der Waals surface area contributed by atoms with Crippen molar-refractivity contribution in [3.05, 3.63) is 96.6 Å². The van der Waals surface area contributed by atoms with Gasteiger partial charge in [0.2, 0.25) is 0 Å². The number of benzene rings is 2. The van der Waals surface area contributed by atoms with Crippen molar-refractivity contribution < 1.29 is 83.3 Å². The molecule has 0 saturated heterocycles. The van der Waals surface area contributed by atoms with Crippen molar-refractivity contribution in [1.29, 1.82) is 5.26 Å². The van der Waals surface area contributed by atoms with Gasteiger partial charge in [0.05, 0.1) is 44.9 Å². The van der Waals surface area contributed by atoms with Gasteiger partial charge >= 0.3 is 82.5 Å². The molecule has 8 nitrogen and oxygen atoms in total. The van der Waals surface area contributed by atoms with E-state index in [-0.39, 0.29) is 38.3 Å². The van der Waals surface area contributed by atoms with E-state index in [0.717, 1.165) is 93.5 Å². The zero-order valence-corrected chi connectivity index (χ0v) is 33.7. The van der Waals surface area contributed by atoms with Gasteiger partial charge in [-0.25, -0.2) is 9.97 Å². The zero-order valence-electron chi connectivity index (χ0n) is 30.9. The Hall–Kier alpha value is -4.04. The summed E-state index contributed by atoms with van der Waals surface area (Å²) in [5, 5.41) is 11.8. The van der Waals surface area contributed by atoms with Gasteiger partial charge in [0.15, 0.2) is 0 Å². The van der Waals surface area contributed by atoms with Crippen LogP contribution in [0.15, 0.2) is 85.2 Å². The molecular weight excluding hydrogens is 887 g/mol. The summed E-state index contributed by atoms with van der Waals surface area (Å²) in [5.74, 6) is 0. The first-order valence-electron chi connectivity index (χ1n) is 16.3. The summed E-state index contributed by atoms with van der Waals surface area (Å²) >= 11 is 0. The van der Waals surface area contributed by atoms with Crippen molar-refractivity contribution >= 4 is 59.2 Å². The number of halogens is 12. The Bertz CT molecular complexity index is 2140. The number of hydrogen-bond acceptors (Lipinski definition) is 5. The molecule has 23 heteroatoms. The Morgan fingerprint density at radius 2 is 0.793 bits per heavy atom. The number of unbranched alkanes of at least 4 members (excludes halogenated alkanes) is 2. The van der Waals surface area contributed by atoms with Crippen LogP contribution >= 0.6 is 15.6 Å². The van der Waals surface area contributed by atoms with E-state index in [4.69, 9.17) is 25.2 Å². The Morgan fingerprint density at radius 1 is 0.534 bits per heavy atom. The molecule has 328 valence electrons. The van der Waals surface area contributed by atoms with Crippen LogP contribution in [0.4, 0.5) is 50.4 Å². The van der Waals surface area contributed by atoms with E-state index in [1.165, 1.54) is 6.92 Å². The molecule has 58 heavy (non-hydrogen) atoms. The Morgan fingerprint density at radius 3 is 1.07 bits per heavy atom. The maximum absolute atomic E-state index is 10.7. The number of nitriles is 1. The molecule has 0 aliphatic heterocycles. The summed E-state index contributed by atoms with van der Waals surface area (Å²) in [5.41, 5.74) is 5.79. The number of fused-ring (bicyclic) bond motifs is 6. The molecule has 0 aliphatic carbocycles. The van der Waals surface area contributed by atoms with Crippen LogP contribution in [0.25, 0.3) is 43.6 Å². The molecule has 0 radical (unpaired) electrons. The average molecular weight is 929 g/mol. The number of rotatable bonds is 8. The minimum absolute atomic E-state index is 0. The van der Waals surface area contributed by atoms with Crippen LogP contribution in [0, 0.1) is 11.3 Å². The van der Waals surface area contributed by atoms with E-state index in [9.17, 15) is 50.4 Å². The predicted molar refractivity (Wildman–Crippen MR) is 204 cm³/mol. The summed E-state index contributed by atoms with van der Waals surface area (Å²) in [7, 11) is -21.3. The van der Waals surface area contributed by atoms with Crippen LogP contribution in [-0.2, 0) is 27.4 Å². The van der Waals surface area contributed by atoms with Crippen LogP contribution in [0.1, 0.15) is 70.7 Å². The third-order valence-electron chi connectivity index (χ3n) is 7.76. The number of nitrogens with zero attached hydrogens (tertiary/aromatic N) is 5. The van der Waals surface area contributed by atoms with Crippen LogP contribution in [0.5, 0.6) is 0 Å². The van der Waals surface area contributed by atoms with Gasteiger partial charge in [-0.3, -0.25) is 9.97 Å². The van der Waals surface area contributed by atoms with E-state index < -0.39 is 15.6 Å². The molecule has 7 N–H and O–H groups in total. The molecule has 0 bridgehead atoms. The van der Waals surface area contributed by atoms with Gasteiger partial charge in [-0.05, 0) is 37.1 Å². The molecule has 0 amide bonds. The fourth-order valence-corrected chi connectivity index (χ4v) is 5.71. The first-order valence-corrected chi connectivity index (χ1v) is 20.3. The first-order chi connectivity index (χ1) is 24.5. The van der Waals surface area contributed by atoms with E-state index in [0.29, 0.717) is 0 Å². The maximum atomic E-state index is 9.87. The summed E-state index contributed by atoms with van der Waals surface area (Å²) in [4.78, 5) is 20.2. The van der Waals surface area contributed by atoms with E-state index >= 15 is 0 Å². The minimum atomic E-state index is -10.7. The van der Waals surface area contributed by atoms with Crippen LogP contribution in [-0.4, -0.2) is 30.9 Å². The Labute approximate surface area is 334 Å². The van der Waals surface area contributed by atoms with E-state index in [1.54, 1.807) is 6.07 Å². The quantitative estimate of drug-likeness (QED) is 0.0485. The van der Waals surface area contributed by atoms with Crippen molar-refractivity contribution in [3.8, 4) is 6.07 Å². The van der Waals surface area contributed by atoms with Gasteiger partial charge in [-0.15, -0.1) is 0 Å². The Balaban J connectivity index is 0. The van der Waals surface area contributed by atoms with Gasteiger partial charge in [0.25, 0.3) is 0 Å². The molecule has 0 unspecified atom stereocenters. The average Bonchev–Trinajstić information content (AvgIpc) is 3.05. The van der Waals surface area contributed by atoms with Crippen LogP contribution in [0.2, 0.25) is 0 Å². The summed E-state index contributed by atoms with van der Waals surface area (Å²) in [6.45, 7) is 5.96. The monoisotopic (exact) mass is 928 g/mol. The minimum Gasteiger partial charge on any atom is -0.457 e. The van der Waals surface area contributed by atoms with Crippen molar-refractivity contribution in [1.82, 2.24) is 19.9 Å². The van der Waals surface area contributed by atoms with E-state index in [2.05, 4.69) is 74.5 Å². The fraction of sp³-hybridized carbons (Fsp3) is 0.286. The van der Waals surface area contributed by atoms with Crippen LogP contribution in [0.3, 0.4) is 0 Å². The summed E-state index contributed by atoms with van der Waals surface area (Å²) in [6.07, 6.45) is 10.2. The summed E-state index contributed by atoms with van der Waals surface area (Å²) < 4.78 is 118. The zero-order chi connectivity index (χ0) is 40.8.